The van der Waals surface area contributed by atoms with Crippen molar-refractivity contribution in [2.75, 3.05) is 40.3 Å². The lowest BCUT2D eigenvalue weighted by molar-refractivity contribution is 0.0645. The number of amides is 3. The Kier molecular flexibility index (Phi) is 3.81. The molecule has 1 aromatic rings. The SMILES string of the molecule is CN(C)C(=O)N1CCN(C(=O)c2cscn2)CC1. The number of aromatic nitrogens is 1. The molecule has 0 unspecified atom stereocenters. The van der Waals surface area contributed by atoms with Crippen molar-refractivity contribution in [3.05, 3.63) is 16.6 Å². The van der Waals surface area contributed by atoms with Crippen molar-refractivity contribution in [1.82, 2.24) is 19.7 Å². The van der Waals surface area contributed by atoms with Crippen LogP contribution >= 0.6 is 11.3 Å². The number of piperazine rings is 1. The van der Waals surface area contributed by atoms with E-state index in [1.54, 1.807) is 39.7 Å². The predicted octanol–water partition coefficient (Wildman–Crippen LogP) is 0.582. The molecule has 1 fully saturated rings. The molecule has 0 bridgehead atoms. The zero-order valence-corrected chi connectivity index (χ0v) is 11.3. The quantitative estimate of drug-likeness (QED) is 0.749. The normalized spacial score (nSPS) is 15.7. The Bertz CT molecular complexity index is 424. The standard InChI is InChI=1S/C11H16N4O2S/c1-13(2)11(17)15-5-3-14(4-6-15)10(16)9-7-18-8-12-9/h7-8H,3-6H2,1-2H3. The molecule has 0 aromatic carbocycles. The summed E-state index contributed by atoms with van der Waals surface area (Å²) in [5, 5.41) is 1.75. The van der Waals surface area contributed by atoms with Crippen LogP contribution in [0.15, 0.2) is 10.9 Å². The fourth-order valence-corrected chi connectivity index (χ4v) is 2.39. The van der Waals surface area contributed by atoms with Gasteiger partial charge in [0, 0.05) is 45.7 Å². The van der Waals surface area contributed by atoms with Crippen LogP contribution in [-0.4, -0.2) is 71.9 Å². The Morgan fingerprint density at radius 2 is 1.83 bits per heavy atom. The van der Waals surface area contributed by atoms with Gasteiger partial charge in [0.25, 0.3) is 5.91 Å². The fraction of sp³-hybridized carbons (Fsp3) is 0.545. The lowest BCUT2D eigenvalue weighted by atomic mass is 10.3. The number of carbonyl (C=O) groups is 2. The lowest BCUT2D eigenvalue weighted by Gasteiger charge is -2.35. The van der Waals surface area contributed by atoms with Crippen molar-refractivity contribution in [2.24, 2.45) is 0 Å². The minimum absolute atomic E-state index is 0.00393. The van der Waals surface area contributed by atoms with Crippen LogP contribution < -0.4 is 0 Å². The number of rotatable bonds is 1. The summed E-state index contributed by atoms with van der Waals surface area (Å²) >= 11 is 1.41. The first-order chi connectivity index (χ1) is 8.59. The molecule has 18 heavy (non-hydrogen) atoms. The van der Waals surface area contributed by atoms with E-state index in [9.17, 15) is 9.59 Å². The van der Waals surface area contributed by atoms with Crippen molar-refractivity contribution in [1.29, 1.82) is 0 Å². The molecule has 0 saturated carbocycles. The number of carbonyl (C=O) groups excluding carboxylic acids is 2. The third-order valence-electron chi connectivity index (χ3n) is 2.87. The third kappa shape index (κ3) is 2.61. The highest BCUT2D eigenvalue weighted by atomic mass is 32.1. The maximum atomic E-state index is 12.0. The van der Waals surface area contributed by atoms with Crippen molar-refractivity contribution >= 4 is 23.3 Å². The number of nitrogens with zero attached hydrogens (tertiary/aromatic N) is 4. The van der Waals surface area contributed by atoms with Crippen molar-refractivity contribution in [3.8, 4) is 0 Å². The number of urea groups is 1. The third-order valence-corrected chi connectivity index (χ3v) is 3.46. The van der Waals surface area contributed by atoms with Crippen molar-refractivity contribution in [2.45, 2.75) is 0 Å². The molecule has 0 N–H and O–H groups in total. The summed E-state index contributed by atoms with van der Waals surface area (Å²) in [5.41, 5.74) is 2.14. The van der Waals surface area contributed by atoms with Gasteiger partial charge in [-0.1, -0.05) is 0 Å². The Morgan fingerprint density at radius 1 is 1.22 bits per heavy atom. The summed E-state index contributed by atoms with van der Waals surface area (Å²) in [6.45, 7) is 2.28. The zero-order chi connectivity index (χ0) is 13.1. The molecule has 1 aliphatic heterocycles. The maximum absolute atomic E-state index is 12.0. The molecule has 7 heteroatoms. The molecular formula is C11H16N4O2S. The van der Waals surface area contributed by atoms with Gasteiger partial charge in [0.15, 0.2) is 0 Å². The second-order valence-electron chi connectivity index (χ2n) is 4.33. The van der Waals surface area contributed by atoms with Gasteiger partial charge in [0.2, 0.25) is 0 Å². The second kappa shape index (κ2) is 5.34. The summed E-state index contributed by atoms with van der Waals surface area (Å²) in [7, 11) is 3.46. The van der Waals surface area contributed by atoms with Gasteiger partial charge in [-0.3, -0.25) is 4.79 Å². The van der Waals surface area contributed by atoms with E-state index < -0.39 is 0 Å². The van der Waals surface area contributed by atoms with E-state index >= 15 is 0 Å². The molecule has 2 heterocycles. The van der Waals surface area contributed by atoms with Gasteiger partial charge < -0.3 is 14.7 Å². The number of thiazole rings is 1. The molecule has 0 aliphatic carbocycles. The van der Waals surface area contributed by atoms with E-state index in [1.807, 2.05) is 0 Å². The topological polar surface area (TPSA) is 56.8 Å². The smallest absolute Gasteiger partial charge is 0.319 e. The number of hydrogen-bond donors (Lipinski definition) is 0. The second-order valence-corrected chi connectivity index (χ2v) is 5.05. The summed E-state index contributed by atoms with van der Waals surface area (Å²) in [6, 6.07) is -0.00393. The Balaban J connectivity index is 1.91. The monoisotopic (exact) mass is 268 g/mol. The minimum Gasteiger partial charge on any atom is -0.334 e. The Labute approximate surface area is 110 Å². The van der Waals surface area contributed by atoms with Gasteiger partial charge in [0.05, 0.1) is 5.51 Å². The highest BCUT2D eigenvalue weighted by molar-refractivity contribution is 7.07. The van der Waals surface area contributed by atoms with Crippen LogP contribution in [0.5, 0.6) is 0 Å². The first-order valence-corrected chi connectivity index (χ1v) is 6.67. The molecule has 0 radical (unpaired) electrons. The van der Waals surface area contributed by atoms with E-state index in [1.165, 1.54) is 11.3 Å². The first kappa shape index (κ1) is 12.8. The van der Waals surface area contributed by atoms with Crippen LogP contribution in [0.3, 0.4) is 0 Å². The average molecular weight is 268 g/mol. The average Bonchev–Trinajstić information content (AvgIpc) is 2.91. The molecule has 3 amide bonds. The molecule has 98 valence electrons. The zero-order valence-electron chi connectivity index (χ0n) is 10.5. The van der Waals surface area contributed by atoms with Gasteiger partial charge in [-0.25, -0.2) is 9.78 Å². The first-order valence-electron chi connectivity index (χ1n) is 5.73. The van der Waals surface area contributed by atoms with Crippen LogP contribution in [0.4, 0.5) is 4.79 Å². The van der Waals surface area contributed by atoms with Gasteiger partial charge in [0.1, 0.15) is 5.69 Å². The Hall–Kier alpha value is -1.63. The molecule has 0 spiro atoms. The maximum Gasteiger partial charge on any atom is 0.319 e. The molecule has 2 rings (SSSR count). The highest BCUT2D eigenvalue weighted by Gasteiger charge is 2.26. The molecule has 0 atom stereocenters. The van der Waals surface area contributed by atoms with Gasteiger partial charge >= 0.3 is 6.03 Å². The number of hydrogen-bond acceptors (Lipinski definition) is 4. The van der Waals surface area contributed by atoms with E-state index in [4.69, 9.17) is 0 Å². The van der Waals surface area contributed by atoms with E-state index in [0.717, 1.165) is 0 Å². The molecule has 1 saturated heterocycles. The Morgan fingerprint density at radius 3 is 2.33 bits per heavy atom. The van der Waals surface area contributed by atoms with E-state index in [2.05, 4.69) is 4.98 Å². The van der Waals surface area contributed by atoms with Gasteiger partial charge in [-0.2, -0.15) is 0 Å². The fourth-order valence-electron chi connectivity index (χ4n) is 1.86. The van der Waals surface area contributed by atoms with E-state index in [0.29, 0.717) is 31.9 Å². The summed E-state index contributed by atoms with van der Waals surface area (Å²) < 4.78 is 0. The van der Waals surface area contributed by atoms with Crippen LogP contribution in [0.1, 0.15) is 10.5 Å². The molecule has 1 aliphatic rings. The van der Waals surface area contributed by atoms with Gasteiger partial charge in [-0.15, -0.1) is 11.3 Å². The van der Waals surface area contributed by atoms with Crippen LogP contribution in [0.2, 0.25) is 0 Å². The predicted molar refractivity (Wildman–Crippen MR) is 68.7 cm³/mol. The van der Waals surface area contributed by atoms with Crippen LogP contribution in [-0.2, 0) is 0 Å². The minimum atomic E-state index is -0.0480. The largest absolute Gasteiger partial charge is 0.334 e. The van der Waals surface area contributed by atoms with Gasteiger partial charge in [-0.05, 0) is 0 Å². The molecular weight excluding hydrogens is 252 g/mol. The summed E-state index contributed by atoms with van der Waals surface area (Å²) in [5.74, 6) is -0.0480. The van der Waals surface area contributed by atoms with Crippen LogP contribution in [0.25, 0.3) is 0 Å². The van der Waals surface area contributed by atoms with Crippen molar-refractivity contribution < 1.29 is 9.59 Å². The van der Waals surface area contributed by atoms with Crippen LogP contribution in [0, 0.1) is 0 Å². The summed E-state index contributed by atoms with van der Waals surface area (Å²) in [6.07, 6.45) is 0. The van der Waals surface area contributed by atoms with E-state index in [-0.39, 0.29) is 11.9 Å². The summed E-state index contributed by atoms with van der Waals surface area (Å²) in [4.78, 5) is 32.8. The highest BCUT2D eigenvalue weighted by Crippen LogP contribution is 2.10. The lowest BCUT2D eigenvalue weighted by Crippen LogP contribution is -2.52. The molecule has 6 nitrogen and oxygen atoms in total. The van der Waals surface area contributed by atoms with Crippen molar-refractivity contribution in [3.63, 3.8) is 0 Å². The molecule has 1 aromatic heterocycles.